The average molecular weight is 224 g/mol. The smallest absolute Gasteiger partial charge is 0.190 e. The van der Waals surface area contributed by atoms with Crippen molar-refractivity contribution in [1.82, 2.24) is 0 Å². The fourth-order valence-corrected chi connectivity index (χ4v) is 1.11. The van der Waals surface area contributed by atoms with Gasteiger partial charge in [0.05, 0.1) is 6.61 Å². The Hall–Kier alpha value is -1.89. The molecule has 0 amide bonds. The Morgan fingerprint density at radius 2 is 2.00 bits per heavy atom. The third kappa shape index (κ3) is 3.06. The van der Waals surface area contributed by atoms with E-state index < -0.39 is 17.4 Å². The molecule has 16 heavy (non-hydrogen) atoms. The highest BCUT2D eigenvalue weighted by molar-refractivity contribution is 5.75. The van der Waals surface area contributed by atoms with Crippen LogP contribution >= 0.6 is 0 Å². The minimum absolute atomic E-state index is 0.0595. The van der Waals surface area contributed by atoms with E-state index in [2.05, 4.69) is 11.8 Å². The van der Waals surface area contributed by atoms with E-state index in [1.54, 1.807) is 6.92 Å². The van der Waals surface area contributed by atoms with Crippen LogP contribution in [-0.4, -0.2) is 12.9 Å². The topological polar surface area (TPSA) is 26.3 Å². The van der Waals surface area contributed by atoms with Gasteiger partial charge in [-0.15, -0.1) is 11.8 Å². The largest absolute Gasteiger partial charge is 0.487 e. The van der Waals surface area contributed by atoms with Gasteiger partial charge >= 0.3 is 0 Å². The van der Waals surface area contributed by atoms with Gasteiger partial charge in [0.25, 0.3) is 0 Å². The Morgan fingerprint density at radius 1 is 1.38 bits per heavy atom. The number of benzene rings is 1. The fourth-order valence-electron chi connectivity index (χ4n) is 1.11. The molecule has 0 aromatic heterocycles. The number of rotatable bonds is 4. The summed E-state index contributed by atoms with van der Waals surface area (Å²) in [4.78, 5) is 10.3. The molecular formula is C12H10F2O2. The molecule has 4 heteroatoms. The third-order valence-corrected chi connectivity index (χ3v) is 1.81. The van der Waals surface area contributed by atoms with Crippen LogP contribution in [0, 0.1) is 23.5 Å². The monoisotopic (exact) mass is 224 g/mol. The first kappa shape index (κ1) is 12.2. The molecule has 2 nitrogen and oxygen atoms in total. The van der Waals surface area contributed by atoms with Crippen LogP contribution in [0.15, 0.2) is 12.1 Å². The van der Waals surface area contributed by atoms with Gasteiger partial charge in [-0.05, 0) is 19.1 Å². The SMILES string of the molecule is CC#CCCOc1c(F)cc(C=O)cc1F. The zero-order chi connectivity index (χ0) is 12.0. The Bertz CT molecular complexity index is 421. The molecule has 1 aromatic rings. The summed E-state index contributed by atoms with van der Waals surface area (Å²) in [5.41, 5.74) is -0.0595. The predicted octanol–water partition coefficient (Wildman–Crippen LogP) is 2.57. The highest BCUT2D eigenvalue weighted by atomic mass is 19.1. The van der Waals surface area contributed by atoms with Crippen LogP contribution < -0.4 is 4.74 Å². The molecule has 84 valence electrons. The first-order chi connectivity index (χ1) is 7.69. The van der Waals surface area contributed by atoms with Crippen molar-refractivity contribution in [2.75, 3.05) is 6.61 Å². The lowest BCUT2D eigenvalue weighted by atomic mass is 10.2. The molecule has 1 aromatic carbocycles. The van der Waals surface area contributed by atoms with Gasteiger partial charge in [-0.3, -0.25) is 4.79 Å². The third-order valence-electron chi connectivity index (χ3n) is 1.81. The molecule has 0 aliphatic rings. The number of carbonyl (C=O) groups excluding carboxylic acids is 1. The van der Waals surface area contributed by atoms with E-state index >= 15 is 0 Å². The van der Waals surface area contributed by atoms with E-state index in [0.717, 1.165) is 12.1 Å². The summed E-state index contributed by atoms with van der Waals surface area (Å²) < 4.78 is 31.4. The summed E-state index contributed by atoms with van der Waals surface area (Å²) in [5.74, 6) is 3.11. The molecular weight excluding hydrogens is 214 g/mol. The van der Waals surface area contributed by atoms with Crippen molar-refractivity contribution in [3.05, 3.63) is 29.3 Å². The summed E-state index contributed by atoms with van der Waals surface area (Å²) in [7, 11) is 0. The number of aldehydes is 1. The number of halogens is 2. The van der Waals surface area contributed by atoms with Crippen LogP contribution in [0.5, 0.6) is 5.75 Å². The van der Waals surface area contributed by atoms with Crippen molar-refractivity contribution in [1.29, 1.82) is 0 Å². The average Bonchev–Trinajstić information content (AvgIpc) is 2.26. The molecule has 0 N–H and O–H groups in total. The van der Waals surface area contributed by atoms with Gasteiger partial charge in [0.15, 0.2) is 17.4 Å². The van der Waals surface area contributed by atoms with Gasteiger partial charge in [0.2, 0.25) is 0 Å². The van der Waals surface area contributed by atoms with Crippen LogP contribution in [0.4, 0.5) is 8.78 Å². The van der Waals surface area contributed by atoms with E-state index in [0.29, 0.717) is 12.7 Å². The zero-order valence-corrected chi connectivity index (χ0v) is 8.72. The molecule has 0 fully saturated rings. The van der Waals surface area contributed by atoms with Gasteiger partial charge in [0, 0.05) is 12.0 Å². The molecule has 0 atom stereocenters. The van der Waals surface area contributed by atoms with Gasteiger partial charge in [0.1, 0.15) is 6.29 Å². The lowest BCUT2D eigenvalue weighted by Crippen LogP contribution is -2.01. The van der Waals surface area contributed by atoms with Crippen molar-refractivity contribution in [3.63, 3.8) is 0 Å². The van der Waals surface area contributed by atoms with Gasteiger partial charge in [-0.25, -0.2) is 8.78 Å². The maximum Gasteiger partial charge on any atom is 0.190 e. The number of carbonyl (C=O) groups is 1. The van der Waals surface area contributed by atoms with E-state index in [4.69, 9.17) is 4.74 Å². The van der Waals surface area contributed by atoms with Crippen molar-refractivity contribution in [2.24, 2.45) is 0 Å². The van der Waals surface area contributed by atoms with Gasteiger partial charge < -0.3 is 4.74 Å². The highest BCUT2D eigenvalue weighted by Gasteiger charge is 2.11. The summed E-state index contributed by atoms with van der Waals surface area (Å²) >= 11 is 0. The van der Waals surface area contributed by atoms with Crippen LogP contribution in [0.2, 0.25) is 0 Å². The van der Waals surface area contributed by atoms with E-state index in [1.807, 2.05) is 0 Å². The zero-order valence-electron chi connectivity index (χ0n) is 8.72. The van der Waals surface area contributed by atoms with E-state index in [-0.39, 0.29) is 12.2 Å². The maximum absolute atomic E-state index is 13.2. The molecule has 0 spiro atoms. The second-order valence-electron chi connectivity index (χ2n) is 2.96. The van der Waals surface area contributed by atoms with Crippen LogP contribution in [0.1, 0.15) is 23.7 Å². The van der Waals surface area contributed by atoms with Gasteiger partial charge in [-0.2, -0.15) is 0 Å². The number of ether oxygens (including phenoxy) is 1. The fraction of sp³-hybridized carbons (Fsp3) is 0.250. The predicted molar refractivity (Wildman–Crippen MR) is 55.3 cm³/mol. The van der Waals surface area contributed by atoms with Crippen LogP contribution in [0.3, 0.4) is 0 Å². The van der Waals surface area contributed by atoms with Gasteiger partial charge in [-0.1, -0.05) is 0 Å². The van der Waals surface area contributed by atoms with E-state index in [9.17, 15) is 13.6 Å². The molecule has 0 aliphatic heterocycles. The number of hydrogen-bond donors (Lipinski definition) is 0. The standard InChI is InChI=1S/C12H10F2O2/c1-2-3-4-5-16-12-10(13)6-9(8-15)7-11(12)14/h6-8H,4-5H2,1H3. The first-order valence-electron chi connectivity index (χ1n) is 4.65. The lowest BCUT2D eigenvalue weighted by Gasteiger charge is -2.06. The van der Waals surface area contributed by atoms with Crippen molar-refractivity contribution in [3.8, 4) is 17.6 Å². The molecule has 0 heterocycles. The maximum atomic E-state index is 13.2. The quantitative estimate of drug-likeness (QED) is 0.446. The molecule has 0 radical (unpaired) electrons. The van der Waals surface area contributed by atoms with Crippen LogP contribution in [-0.2, 0) is 0 Å². The Balaban J connectivity index is 2.78. The van der Waals surface area contributed by atoms with Crippen LogP contribution in [0.25, 0.3) is 0 Å². The lowest BCUT2D eigenvalue weighted by molar-refractivity contribution is 0.112. The normalized spacial score (nSPS) is 9.19. The van der Waals surface area contributed by atoms with Crippen molar-refractivity contribution in [2.45, 2.75) is 13.3 Å². The molecule has 0 bridgehead atoms. The van der Waals surface area contributed by atoms with Crippen molar-refractivity contribution >= 4 is 6.29 Å². The number of hydrogen-bond acceptors (Lipinski definition) is 2. The summed E-state index contributed by atoms with van der Waals surface area (Å²) in [6.45, 7) is 1.77. The summed E-state index contributed by atoms with van der Waals surface area (Å²) in [5, 5.41) is 0. The highest BCUT2D eigenvalue weighted by Crippen LogP contribution is 2.22. The first-order valence-corrected chi connectivity index (χ1v) is 4.65. The minimum atomic E-state index is -0.883. The second kappa shape index (κ2) is 5.86. The Morgan fingerprint density at radius 3 is 2.50 bits per heavy atom. The molecule has 0 aliphatic carbocycles. The van der Waals surface area contributed by atoms with Crippen molar-refractivity contribution < 1.29 is 18.3 Å². The minimum Gasteiger partial charge on any atom is -0.487 e. The molecule has 0 unspecified atom stereocenters. The van der Waals surface area contributed by atoms with E-state index in [1.165, 1.54) is 0 Å². The Labute approximate surface area is 92.2 Å². The Kier molecular flexibility index (Phi) is 4.46. The molecule has 1 rings (SSSR count). The molecule has 0 saturated carbocycles. The molecule has 0 saturated heterocycles. The second-order valence-corrected chi connectivity index (χ2v) is 2.96. The summed E-state index contributed by atoms with van der Waals surface area (Å²) in [6.07, 6.45) is 0.767. The summed E-state index contributed by atoms with van der Waals surface area (Å²) in [6, 6.07) is 1.85.